The first-order valence-electron chi connectivity index (χ1n) is 9.11. The molecule has 3 rings (SSSR count). The van der Waals surface area contributed by atoms with Gasteiger partial charge in [0.25, 0.3) is 0 Å². The van der Waals surface area contributed by atoms with E-state index in [0.717, 1.165) is 24.5 Å². The van der Waals surface area contributed by atoms with Crippen molar-refractivity contribution >= 4 is 15.7 Å². The molecule has 0 bridgehead atoms. The van der Waals surface area contributed by atoms with Crippen molar-refractivity contribution in [1.82, 2.24) is 4.31 Å². The highest BCUT2D eigenvalue weighted by atomic mass is 32.2. The zero-order valence-corrected chi connectivity index (χ0v) is 16.9. The van der Waals surface area contributed by atoms with E-state index in [1.54, 1.807) is 24.3 Å². The van der Waals surface area contributed by atoms with Gasteiger partial charge in [-0.15, -0.1) is 6.58 Å². The van der Waals surface area contributed by atoms with Gasteiger partial charge < -0.3 is 9.47 Å². The van der Waals surface area contributed by atoms with Crippen LogP contribution in [-0.4, -0.2) is 37.8 Å². The van der Waals surface area contributed by atoms with Gasteiger partial charge in [-0.1, -0.05) is 12.1 Å². The summed E-state index contributed by atoms with van der Waals surface area (Å²) in [5.41, 5.74) is 0.522. The molecule has 0 radical (unpaired) electrons. The molecule has 0 aromatic heterocycles. The molecule has 8 nitrogen and oxygen atoms in total. The van der Waals surface area contributed by atoms with Crippen LogP contribution in [0.4, 0.5) is 5.69 Å². The summed E-state index contributed by atoms with van der Waals surface area (Å²) in [6.45, 7) is 4.53. The van der Waals surface area contributed by atoms with Crippen molar-refractivity contribution in [2.75, 3.05) is 20.2 Å². The van der Waals surface area contributed by atoms with Crippen LogP contribution in [0, 0.1) is 10.1 Å². The van der Waals surface area contributed by atoms with E-state index in [0.29, 0.717) is 31.0 Å². The number of hydrogen-bond acceptors (Lipinski definition) is 6. The van der Waals surface area contributed by atoms with Crippen molar-refractivity contribution in [1.29, 1.82) is 0 Å². The van der Waals surface area contributed by atoms with E-state index in [9.17, 15) is 18.5 Å². The number of sulfonamides is 1. The smallest absolute Gasteiger partial charge is 0.312 e. The SMILES string of the molecule is C=CCc1ccc(Oc2ccc(S(=O)(=O)N3CCCC3)cc2[N+](=O)[O-])c(OC)c1. The van der Waals surface area contributed by atoms with Crippen LogP contribution < -0.4 is 9.47 Å². The molecule has 0 N–H and O–H groups in total. The lowest BCUT2D eigenvalue weighted by Crippen LogP contribution is -2.27. The monoisotopic (exact) mass is 418 g/mol. The Morgan fingerprint density at radius 3 is 2.45 bits per heavy atom. The summed E-state index contributed by atoms with van der Waals surface area (Å²) in [5, 5.41) is 11.6. The molecule has 1 fully saturated rings. The van der Waals surface area contributed by atoms with Crippen LogP contribution in [0.2, 0.25) is 0 Å². The van der Waals surface area contributed by atoms with Crippen LogP contribution in [0.15, 0.2) is 53.9 Å². The average Bonchev–Trinajstić information content (AvgIpc) is 3.25. The van der Waals surface area contributed by atoms with Gasteiger partial charge >= 0.3 is 5.69 Å². The minimum atomic E-state index is -3.77. The second-order valence-corrected chi connectivity index (χ2v) is 8.52. The van der Waals surface area contributed by atoms with Crippen LogP contribution in [0.3, 0.4) is 0 Å². The quantitative estimate of drug-likeness (QED) is 0.366. The zero-order valence-electron chi connectivity index (χ0n) is 16.0. The van der Waals surface area contributed by atoms with Crippen molar-refractivity contribution in [2.45, 2.75) is 24.2 Å². The van der Waals surface area contributed by atoms with Gasteiger partial charge in [0.15, 0.2) is 11.5 Å². The largest absolute Gasteiger partial charge is 0.493 e. The Bertz CT molecular complexity index is 1030. The van der Waals surface area contributed by atoms with E-state index in [-0.39, 0.29) is 10.6 Å². The van der Waals surface area contributed by atoms with Gasteiger partial charge in [-0.25, -0.2) is 8.42 Å². The molecule has 29 heavy (non-hydrogen) atoms. The Morgan fingerprint density at radius 2 is 1.83 bits per heavy atom. The molecule has 0 amide bonds. The first-order valence-corrected chi connectivity index (χ1v) is 10.5. The predicted octanol–water partition coefficient (Wildman–Crippen LogP) is 3.91. The number of allylic oxidation sites excluding steroid dienone is 1. The summed E-state index contributed by atoms with van der Waals surface area (Å²) in [6.07, 6.45) is 3.95. The van der Waals surface area contributed by atoms with E-state index in [2.05, 4.69) is 6.58 Å². The first kappa shape index (κ1) is 20.8. The molecule has 0 atom stereocenters. The second kappa shape index (κ2) is 8.62. The standard InChI is InChI=1S/C20H22N2O6S/c1-3-6-15-7-9-19(20(13-15)27-2)28-18-10-8-16(14-17(18)22(23)24)29(25,26)21-11-4-5-12-21/h3,7-10,13-14H,1,4-6,11-12H2,2H3. The van der Waals surface area contributed by atoms with E-state index in [1.807, 2.05) is 0 Å². The topological polar surface area (TPSA) is 99.0 Å². The minimum absolute atomic E-state index is 0.0647. The Balaban J connectivity index is 1.96. The summed E-state index contributed by atoms with van der Waals surface area (Å²) in [4.78, 5) is 10.8. The third kappa shape index (κ3) is 4.41. The number of ether oxygens (including phenoxy) is 2. The molecular formula is C20H22N2O6S. The summed E-state index contributed by atoms with van der Waals surface area (Å²) >= 11 is 0. The van der Waals surface area contributed by atoms with Gasteiger partial charge in [-0.05, 0) is 49.1 Å². The second-order valence-electron chi connectivity index (χ2n) is 6.58. The van der Waals surface area contributed by atoms with Gasteiger partial charge in [0.2, 0.25) is 15.8 Å². The summed E-state index contributed by atoms with van der Waals surface area (Å²) in [6, 6.07) is 8.89. The van der Waals surface area contributed by atoms with Crippen LogP contribution >= 0.6 is 0 Å². The fourth-order valence-corrected chi connectivity index (χ4v) is 4.71. The molecule has 0 spiro atoms. The highest BCUT2D eigenvalue weighted by molar-refractivity contribution is 7.89. The Kier molecular flexibility index (Phi) is 6.19. The van der Waals surface area contributed by atoms with E-state index < -0.39 is 20.6 Å². The summed E-state index contributed by atoms with van der Waals surface area (Å²) < 4.78 is 37.8. The molecule has 2 aromatic rings. The lowest BCUT2D eigenvalue weighted by Gasteiger charge is -2.16. The third-order valence-corrected chi connectivity index (χ3v) is 6.55. The maximum atomic E-state index is 12.7. The highest BCUT2D eigenvalue weighted by Gasteiger charge is 2.30. The Hall–Kier alpha value is -2.91. The van der Waals surface area contributed by atoms with E-state index in [1.165, 1.54) is 23.5 Å². The zero-order chi connectivity index (χ0) is 21.0. The number of benzene rings is 2. The molecule has 0 aliphatic carbocycles. The fraction of sp³-hybridized carbons (Fsp3) is 0.300. The molecule has 0 unspecified atom stereocenters. The highest BCUT2D eigenvalue weighted by Crippen LogP contribution is 2.38. The first-order chi connectivity index (χ1) is 13.9. The van der Waals surface area contributed by atoms with Crippen molar-refractivity contribution in [3.63, 3.8) is 0 Å². The lowest BCUT2D eigenvalue weighted by molar-refractivity contribution is -0.385. The normalized spacial score (nSPS) is 14.5. The Labute approximate surface area is 169 Å². The van der Waals surface area contributed by atoms with E-state index in [4.69, 9.17) is 9.47 Å². The predicted molar refractivity (Wildman–Crippen MR) is 108 cm³/mol. The van der Waals surface area contributed by atoms with Crippen LogP contribution in [0.5, 0.6) is 17.2 Å². The van der Waals surface area contributed by atoms with Crippen LogP contribution in [0.25, 0.3) is 0 Å². The van der Waals surface area contributed by atoms with Gasteiger partial charge in [0, 0.05) is 19.2 Å². The molecule has 9 heteroatoms. The summed E-state index contributed by atoms with van der Waals surface area (Å²) in [7, 11) is -2.30. The van der Waals surface area contributed by atoms with E-state index >= 15 is 0 Å². The van der Waals surface area contributed by atoms with Gasteiger partial charge in [0.1, 0.15) is 0 Å². The molecule has 1 saturated heterocycles. The maximum absolute atomic E-state index is 12.7. The molecule has 154 valence electrons. The molecule has 1 aliphatic rings. The minimum Gasteiger partial charge on any atom is -0.493 e. The number of rotatable bonds is 8. The maximum Gasteiger partial charge on any atom is 0.312 e. The van der Waals surface area contributed by atoms with Crippen molar-refractivity contribution in [3.05, 3.63) is 64.7 Å². The van der Waals surface area contributed by atoms with Crippen molar-refractivity contribution in [2.24, 2.45) is 0 Å². The van der Waals surface area contributed by atoms with Crippen LogP contribution in [-0.2, 0) is 16.4 Å². The van der Waals surface area contributed by atoms with Crippen molar-refractivity contribution in [3.8, 4) is 17.2 Å². The number of nitro groups is 1. The van der Waals surface area contributed by atoms with Gasteiger partial charge in [-0.3, -0.25) is 10.1 Å². The van der Waals surface area contributed by atoms with Crippen molar-refractivity contribution < 1.29 is 22.8 Å². The average molecular weight is 418 g/mol. The number of hydrogen-bond donors (Lipinski definition) is 0. The number of nitro benzene ring substituents is 1. The van der Waals surface area contributed by atoms with Gasteiger partial charge in [0.05, 0.1) is 16.9 Å². The molecular weight excluding hydrogens is 396 g/mol. The lowest BCUT2D eigenvalue weighted by atomic mass is 10.1. The molecule has 1 heterocycles. The fourth-order valence-electron chi connectivity index (χ4n) is 3.17. The number of nitrogens with zero attached hydrogens (tertiary/aromatic N) is 2. The third-order valence-electron chi connectivity index (χ3n) is 4.66. The number of methoxy groups -OCH3 is 1. The molecule has 2 aromatic carbocycles. The molecule has 0 saturated carbocycles. The van der Waals surface area contributed by atoms with Gasteiger partial charge in [-0.2, -0.15) is 4.31 Å². The summed E-state index contributed by atoms with van der Waals surface area (Å²) in [5.74, 6) is 0.635. The van der Waals surface area contributed by atoms with Crippen LogP contribution in [0.1, 0.15) is 18.4 Å². The Morgan fingerprint density at radius 1 is 1.14 bits per heavy atom. The molecule has 1 aliphatic heterocycles.